The summed E-state index contributed by atoms with van der Waals surface area (Å²) in [6.45, 7) is 6.31. The van der Waals surface area contributed by atoms with Crippen molar-refractivity contribution in [3.8, 4) is 11.4 Å². The Kier molecular flexibility index (Phi) is 7.11. The SMILES string of the molecule is CC1(C)CCc2ccccc2C(NC(=O)c2cccc(NC3(c4nc(-c5ccncc5)n[nH]4)CCNCC3)c2)C1. The number of amides is 1. The van der Waals surface area contributed by atoms with Crippen molar-refractivity contribution in [3.63, 3.8) is 0 Å². The van der Waals surface area contributed by atoms with Crippen molar-refractivity contribution in [2.24, 2.45) is 5.41 Å². The maximum absolute atomic E-state index is 13.6. The van der Waals surface area contributed by atoms with Crippen molar-refractivity contribution < 1.29 is 4.79 Å². The number of aromatic amines is 1. The summed E-state index contributed by atoms with van der Waals surface area (Å²) < 4.78 is 0. The van der Waals surface area contributed by atoms with Crippen LogP contribution in [0.5, 0.6) is 0 Å². The van der Waals surface area contributed by atoms with Crippen molar-refractivity contribution >= 4 is 11.6 Å². The maximum atomic E-state index is 13.6. The van der Waals surface area contributed by atoms with Crippen molar-refractivity contribution in [2.75, 3.05) is 18.4 Å². The lowest BCUT2D eigenvalue weighted by Crippen LogP contribution is -2.46. The first-order valence-electron chi connectivity index (χ1n) is 14.2. The Labute approximate surface area is 235 Å². The number of anilines is 1. The molecule has 8 nitrogen and oxygen atoms in total. The molecule has 1 amide bonds. The standard InChI is InChI=1S/C32H37N7O/c1-31(2)13-10-22-6-3-4-9-26(22)27(21-31)35-29(40)24-7-5-8-25(20-24)37-32(14-18-34-19-15-32)30-36-28(38-39-30)23-11-16-33-17-12-23/h3-9,11-12,16-17,20,27,34,37H,10,13-15,18-19,21H2,1-2H3,(H,35,40)(H,36,38,39). The Morgan fingerprint density at radius 3 is 2.60 bits per heavy atom. The number of hydrogen-bond donors (Lipinski definition) is 4. The second-order valence-corrected chi connectivity index (χ2v) is 11.9. The predicted molar refractivity (Wildman–Crippen MR) is 157 cm³/mol. The third kappa shape index (κ3) is 5.49. The number of nitrogens with one attached hydrogen (secondary N) is 4. The Bertz CT molecular complexity index is 1470. The molecule has 0 saturated carbocycles. The maximum Gasteiger partial charge on any atom is 0.251 e. The number of pyridine rings is 1. The molecule has 1 atom stereocenters. The second-order valence-electron chi connectivity index (χ2n) is 11.9. The molecule has 0 bridgehead atoms. The molecular formula is C32H37N7O. The molecule has 2 aromatic heterocycles. The highest BCUT2D eigenvalue weighted by Gasteiger charge is 2.37. The lowest BCUT2D eigenvalue weighted by molar-refractivity contribution is 0.0925. The molecule has 4 N–H and O–H groups in total. The minimum Gasteiger partial charge on any atom is -0.373 e. The first-order valence-corrected chi connectivity index (χ1v) is 14.2. The molecule has 8 heteroatoms. The van der Waals surface area contributed by atoms with Gasteiger partial charge in [0.2, 0.25) is 0 Å². The zero-order chi connectivity index (χ0) is 27.6. The Morgan fingerprint density at radius 2 is 1.77 bits per heavy atom. The Hall–Kier alpha value is -4.04. The van der Waals surface area contributed by atoms with Crippen LogP contribution in [0.25, 0.3) is 11.4 Å². The molecule has 6 rings (SSSR count). The lowest BCUT2D eigenvalue weighted by atomic mass is 9.83. The van der Waals surface area contributed by atoms with Crippen LogP contribution in [-0.4, -0.2) is 39.2 Å². The molecule has 3 heterocycles. The first kappa shape index (κ1) is 26.2. The number of aryl methyl sites for hydroxylation is 1. The second kappa shape index (κ2) is 10.8. The van der Waals surface area contributed by atoms with E-state index in [9.17, 15) is 4.79 Å². The molecule has 206 valence electrons. The number of nitrogens with zero attached hydrogens (tertiary/aromatic N) is 3. The number of hydrogen-bond acceptors (Lipinski definition) is 6. The Balaban J connectivity index is 1.24. The summed E-state index contributed by atoms with van der Waals surface area (Å²) in [5, 5.41) is 18.3. The van der Waals surface area contributed by atoms with Crippen LogP contribution in [0.3, 0.4) is 0 Å². The van der Waals surface area contributed by atoms with Gasteiger partial charge in [-0.2, -0.15) is 5.10 Å². The zero-order valence-corrected chi connectivity index (χ0v) is 23.2. The van der Waals surface area contributed by atoms with Gasteiger partial charge in [-0.3, -0.25) is 14.9 Å². The van der Waals surface area contributed by atoms with E-state index in [0.29, 0.717) is 11.4 Å². The first-order chi connectivity index (χ1) is 19.4. The van der Waals surface area contributed by atoms with Gasteiger partial charge < -0.3 is 16.0 Å². The molecule has 4 aromatic rings. The summed E-state index contributed by atoms with van der Waals surface area (Å²) in [6, 6.07) is 20.1. The predicted octanol–water partition coefficient (Wildman–Crippen LogP) is 5.39. The van der Waals surface area contributed by atoms with Crippen LogP contribution in [0, 0.1) is 5.41 Å². The van der Waals surface area contributed by atoms with Gasteiger partial charge in [0.25, 0.3) is 5.91 Å². The fourth-order valence-corrected chi connectivity index (χ4v) is 6.10. The van der Waals surface area contributed by atoms with Crippen molar-refractivity contribution in [1.82, 2.24) is 30.8 Å². The van der Waals surface area contributed by atoms with Crippen molar-refractivity contribution in [2.45, 2.75) is 57.5 Å². The minimum absolute atomic E-state index is 0.0191. The van der Waals surface area contributed by atoms with E-state index >= 15 is 0 Å². The summed E-state index contributed by atoms with van der Waals surface area (Å²) in [6.07, 6.45) is 8.22. The van der Waals surface area contributed by atoms with Crippen LogP contribution in [-0.2, 0) is 12.0 Å². The number of H-pyrrole nitrogens is 1. The van der Waals surface area contributed by atoms with Crippen molar-refractivity contribution in [3.05, 3.63) is 95.6 Å². The zero-order valence-electron chi connectivity index (χ0n) is 23.2. The van der Waals surface area contributed by atoms with E-state index in [1.54, 1.807) is 12.4 Å². The van der Waals surface area contributed by atoms with E-state index in [1.807, 2.05) is 36.4 Å². The number of fused-ring (bicyclic) bond motifs is 1. The summed E-state index contributed by atoms with van der Waals surface area (Å²) in [7, 11) is 0. The van der Waals surface area contributed by atoms with Crippen LogP contribution in [0.1, 0.15) is 72.9 Å². The van der Waals surface area contributed by atoms with Crippen LogP contribution < -0.4 is 16.0 Å². The van der Waals surface area contributed by atoms with E-state index in [-0.39, 0.29) is 17.4 Å². The smallest absolute Gasteiger partial charge is 0.251 e. The van der Waals surface area contributed by atoms with E-state index in [1.165, 1.54) is 11.1 Å². The summed E-state index contributed by atoms with van der Waals surface area (Å²) in [4.78, 5) is 22.6. The number of aromatic nitrogens is 4. The van der Waals surface area contributed by atoms with Crippen LogP contribution in [0.15, 0.2) is 73.1 Å². The highest BCUT2D eigenvalue weighted by molar-refractivity contribution is 5.95. The molecule has 1 aliphatic carbocycles. The topological polar surface area (TPSA) is 108 Å². The monoisotopic (exact) mass is 535 g/mol. The average Bonchev–Trinajstić information content (AvgIpc) is 3.44. The summed E-state index contributed by atoms with van der Waals surface area (Å²) in [5.74, 6) is 1.39. The molecular weight excluding hydrogens is 498 g/mol. The van der Waals surface area contributed by atoms with Crippen LogP contribution in [0.4, 0.5) is 5.69 Å². The number of piperidine rings is 1. The lowest BCUT2D eigenvalue weighted by Gasteiger charge is -2.37. The van der Waals surface area contributed by atoms with Gasteiger partial charge in [0, 0.05) is 29.2 Å². The summed E-state index contributed by atoms with van der Waals surface area (Å²) in [5.41, 5.74) is 4.74. The van der Waals surface area contributed by atoms with Gasteiger partial charge in [-0.25, -0.2) is 4.98 Å². The number of carbonyl (C=O) groups is 1. The van der Waals surface area contributed by atoms with Gasteiger partial charge in [0.05, 0.1) is 11.6 Å². The fraction of sp³-hybridized carbons (Fsp3) is 0.375. The molecule has 2 aliphatic rings. The van der Waals surface area contributed by atoms with Crippen LogP contribution >= 0.6 is 0 Å². The molecule has 40 heavy (non-hydrogen) atoms. The minimum atomic E-state index is -0.428. The molecule has 1 saturated heterocycles. The van der Waals surface area contributed by atoms with Gasteiger partial charge >= 0.3 is 0 Å². The van der Waals surface area contributed by atoms with E-state index < -0.39 is 5.54 Å². The van der Waals surface area contributed by atoms with Gasteiger partial charge in [0.15, 0.2) is 11.6 Å². The molecule has 0 spiro atoms. The molecule has 1 fully saturated rings. The third-order valence-corrected chi connectivity index (χ3v) is 8.41. The molecule has 2 aromatic carbocycles. The number of benzene rings is 2. The third-order valence-electron chi connectivity index (χ3n) is 8.41. The quantitative estimate of drug-likeness (QED) is 0.247. The number of rotatable bonds is 6. The molecule has 1 unspecified atom stereocenters. The largest absolute Gasteiger partial charge is 0.373 e. The van der Waals surface area contributed by atoms with Crippen molar-refractivity contribution in [1.29, 1.82) is 0 Å². The van der Waals surface area contributed by atoms with Gasteiger partial charge in [0.1, 0.15) is 0 Å². The average molecular weight is 536 g/mol. The number of carbonyl (C=O) groups excluding carboxylic acids is 1. The van der Waals surface area contributed by atoms with E-state index in [2.05, 4.69) is 69.2 Å². The Morgan fingerprint density at radius 1 is 0.975 bits per heavy atom. The van der Waals surface area contributed by atoms with Gasteiger partial charge in [-0.15, -0.1) is 0 Å². The summed E-state index contributed by atoms with van der Waals surface area (Å²) >= 11 is 0. The van der Waals surface area contributed by atoms with E-state index in [4.69, 9.17) is 4.98 Å². The normalized spacial score (nSPS) is 19.7. The van der Waals surface area contributed by atoms with E-state index in [0.717, 1.165) is 62.3 Å². The van der Waals surface area contributed by atoms with Gasteiger partial charge in [-0.05, 0) is 92.1 Å². The fourth-order valence-electron chi connectivity index (χ4n) is 6.10. The molecule has 0 radical (unpaired) electrons. The highest BCUT2D eigenvalue weighted by Crippen LogP contribution is 2.39. The van der Waals surface area contributed by atoms with Crippen LogP contribution in [0.2, 0.25) is 0 Å². The highest BCUT2D eigenvalue weighted by atomic mass is 16.1. The van der Waals surface area contributed by atoms with Gasteiger partial charge in [-0.1, -0.05) is 44.2 Å². The molecule has 1 aliphatic heterocycles.